The summed E-state index contributed by atoms with van der Waals surface area (Å²) in [4.78, 5) is 11.9. The highest BCUT2D eigenvalue weighted by atomic mass is 32.2. The SMILES string of the molecule is Cc1nnc(SCC(=O)NCCc2ccc(S(N)(=O)=O)cc2)n1C. The van der Waals surface area contributed by atoms with Crippen molar-refractivity contribution in [1.29, 1.82) is 0 Å². The van der Waals surface area contributed by atoms with Crippen molar-refractivity contribution in [3.63, 3.8) is 0 Å². The first-order valence-corrected chi connectivity index (χ1v) is 9.68. The van der Waals surface area contributed by atoms with Gasteiger partial charge in [0, 0.05) is 13.6 Å². The van der Waals surface area contributed by atoms with E-state index in [0.29, 0.717) is 18.1 Å². The monoisotopic (exact) mass is 369 g/mol. The number of carbonyl (C=O) groups excluding carboxylic acids is 1. The number of benzene rings is 1. The maximum Gasteiger partial charge on any atom is 0.238 e. The van der Waals surface area contributed by atoms with Crippen molar-refractivity contribution >= 4 is 27.7 Å². The van der Waals surface area contributed by atoms with E-state index in [1.54, 1.807) is 12.1 Å². The molecule has 0 unspecified atom stereocenters. The molecular weight excluding hydrogens is 350 g/mol. The molecule has 2 aromatic rings. The van der Waals surface area contributed by atoms with Gasteiger partial charge in [0.15, 0.2) is 5.16 Å². The zero-order chi connectivity index (χ0) is 17.7. The molecule has 0 radical (unpaired) electrons. The van der Waals surface area contributed by atoms with Crippen LogP contribution >= 0.6 is 11.8 Å². The molecule has 0 saturated heterocycles. The van der Waals surface area contributed by atoms with Crippen molar-refractivity contribution in [1.82, 2.24) is 20.1 Å². The normalized spacial score (nSPS) is 11.5. The van der Waals surface area contributed by atoms with Crippen LogP contribution in [0.15, 0.2) is 34.3 Å². The summed E-state index contributed by atoms with van der Waals surface area (Å²) >= 11 is 1.32. The maximum absolute atomic E-state index is 11.8. The van der Waals surface area contributed by atoms with Crippen LogP contribution in [-0.4, -0.2) is 41.4 Å². The molecule has 130 valence electrons. The van der Waals surface area contributed by atoms with Crippen LogP contribution in [0.2, 0.25) is 0 Å². The van der Waals surface area contributed by atoms with E-state index in [4.69, 9.17) is 5.14 Å². The van der Waals surface area contributed by atoms with E-state index in [1.165, 1.54) is 23.9 Å². The van der Waals surface area contributed by atoms with Crippen molar-refractivity contribution in [3.8, 4) is 0 Å². The minimum atomic E-state index is -3.67. The average Bonchev–Trinajstić information content (AvgIpc) is 2.84. The second-order valence-corrected chi connectivity index (χ2v) is 7.67. The van der Waals surface area contributed by atoms with Gasteiger partial charge in [-0.3, -0.25) is 4.79 Å². The fourth-order valence-corrected chi connectivity index (χ4v) is 3.19. The van der Waals surface area contributed by atoms with Crippen LogP contribution in [0.25, 0.3) is 0 Å². The van der Waals surface area contributed by atoms with E-state index in [1.807, 2.05) is 18.5 Å². The number of rotatable bonds is 7. The summed E-state index contributed by atoms with van der Waals surface area (Å²) in [6.45, 7) is 2.31. The highest BCUT2D eigenvalue weighted by Crippen LogP contribution is 2.14. The van der Waals surface area contributed by atoms with E-state index in [-0.39, 0.29) is 16.6 Å². The van der Waals surface area contributed by atoms with Crippen molar-refractivity contribution in [2.45, 2.75) is 23.4 Å². The summed E-state index contributed by atoms with van der Waals surface area (Å²) in [7, 11) is -1.83. The predicted octanol–water partition coefficient (Wildman–Crippen LogP) is 0.222. The molecule has 1 aromatic carbocycles. The highest BCUT2D eigenvalue weighted by molar-refractivity contribution is 7.99. The van der Waals surface area contributed by atoms with Gasteiger partial charge in [0.2, 0.25) is 15.9 Å². The van der Waals surface area contributed by atoms with Crippen molar-refractivity contribution in [2.75, 3.05) is 12.3 Å². The van der Waals surface area contributed by atoms with Crippen molar-refractivity contribution < 1.29 is 13.2 Å². The first kappa shape index (κ1) is 18.4. The molecule has 0 saturated carbocycles. The third-order valence-corrected chi connectivity index (χ3v) is 5.32. The van der Waals surface area contributed by atoms with Gasteiger partial charge < -0.3 is 9.88 Å². The predicted molar refractivity (Wildman–Crippen MR) is 91.0 cm³/mol. The zero-order valence-corrected chi connectivity index (χ0v) is 15.0. The van der Waals surface area contributed by atoms with Crippen LogP contribution in [0.4, 0.5) is 0 Å². The minimum Gasteiger partial charge on any atom is -0.355 e. The van der Waals surface area contributed by atoms with Crippen molar-refractivity contribution in [2.24, 2.45) is 12.2 Å². The number of hydrogen-bond donors (Lipinski definition) is 2. The summed E-state index contributed by atoms with van der Waals surface area (Å²) < 4.78 is 24.2. The summed E-state index contributed by atoms with van der Waals surface area (Å²) in [6, 6.07) is 6.28. The van der Waals surface area contributed by atoms with Gasteiger partial charge in [0.1, 0.15) is 5.82 Å². The summed E-state index contributed by atoms with van der Waals surface area (Å²) in [5.41, 5.74) is 0.916. The number of thioether (sulfide) groups is 1. The van der Waals surface area contributed by atoms with Crippen LogP contribution in [-0.2, 0) is 28.3 Å². The van der Waals surface area contributed by atoms with Gasteiger partial charge in [0.25, 0.3) is 0 Å². The number of nitrogens with two attached hydrogens (primary N) is 1. The molecule has 0 fully saturated rings. The fraction of sp³-hybridized carbons (Fsp3) is 0.357. The Morgan fingerprint density at radius 3 is 2.50 bits per heavy atom. The topological polar surface area (TPSA) is 120 Å². The molecule has 24 heavy (non-hydrogen) atoms. The number of carbonyl (C=O) groups is 1. The average molecular weight is 369 g/mol. The Balaban J connectivity index is 1.75. The third kappa shape index (κ3) is 5.05. The second kappa shape index (κ2) is 7.77. The molecule has 0 atom stereocenters. The number of aryl methyl sites for hydroxylation is 1. The molecule has 10 heteroatoms. The third-order valence-electron chi connectivity index (χ3n) is 3.37. The molecule has 2 rings (SSSR count). The Morgan fingerprint density at radius 1 is 1.29 bits per heavy atom. The number of primary sulfonamides is 1. The van der Waals surface area contributed by atoms with Crippen LogP contribution < -0.4 is 10.5 Å². The van der Waals surface area contributed by atoms with Gasteiger partial charge in [-0.05, 0) is 31.0 Å². The van der Waals surface area contributed by atoms with E-state index >= 15 is 0 Å². The lowest BCUT2D eigenvalue weighted by molar-refractivity contribution is -0.118. The lowest BCUT2D eigenvalue weighted by Crippen LogP contribution is -2.27. The Bertz CT molecular complexity index is 815. The Labute approximate surface area is 144 Å². The maximum atomic E-state index is 11.8. The number of sulfonamides is 1. The molecular formula is C14H19N5O3S2. The van der Waals surface area contributed by atoms with Gasteiger partial charge in [-0.15, -0.1) is 10.2 Å². The molecule has 0 aliphatic rings. The highest BCUT2D eigenvalue weighted by Gasteiger charge is 2.09. The molecule has 8 nitrogen and oxygen atoms in total. The minimum absolute atomic E-state index is 0.0747. The Kier molecular flexibility index (Phi) is 5.97. The van der Waals surface area contributed by atoms with E-state index in [9.17, 15) is 13.2 Å². The zero-order valence-electron chi connectivity index (χ0n) is 13.4. The van der Waals surface area contributed by atoms with Crippen LogP contribution in [0.3, 0.4) is 0 Å². The first-order chi connectivity index (χ1) is 11.3. The number of amides is 1. The lowest BCUT2D eigenvalue weighted by atomic mass is 10.1. The van der Waals surface area contributed by atoms with Gasteiger partial charge in [-0.25, -0.2) is 13.6 Å². The summed E-state index contributed by atoms with van der Waals surface area (Å²) in [6.07, 6.45) is 0.602. The summed E-state index contributed by atoms with van der Waals surface area (Å²) in [5.74, 6) is 0.957. The van der Waals surface area contributed by atoms with Crippen LogP contribution in [0.5, 0.6) is 0 Å². The number of aromatic nitrogens is 3. The smallest absolute Gasteiger partial charge is 0.238 e. The molecule has 1 aromatic heterocycles. The number of hydrogen-bond acceptors (Lipinski definition) is 6. The first-order valence-electron chi connectivity index (χ1n) is 7.14. The Hall–Kier alpha value is -1.91. The van der Waals surface area contributed by atoms with Gasteiger partial charge in [0.05, 0.1) is 10.6 Å². The van der Waals surface area contributed by atoms with Gasteiger partial charge in [-0.1, -0.05) is 23.9 Å². The number of nitrogens with one attached hydrogen (secondary N) is 1. The van der Waals surface area contributed by atoms with E-state index in [0.717, 1.165) is 11.4 Å². The number of nitrogens with zero attached hydrogens (tertiary/aromatic N) is 3. The van der Waals surface area contributed by atoms with E-state index in [2.05, 4.69) is 15.5 Å². The molecule has 1 amide bonds. The van der Waals surface area contributed by atoms with Gasteiger partial charge in [-0.2, -0.15) is 0 Å². The molecule has 0 spiro atoms. The fourth-order valence-electron chi connectivity index (χ4n) is 1.89. The quantitative estimate of drug-likeness (QED) is 0.674. The second-order valence-electron chi connectivity index (χ2n) is 5.17. The molecule has 0 bridgehead atoms. The molecule has 0 aliphatic heterocycles. The molecule has 1 heterocycles. The molecule has 3 N–H and O–H groups in total. The Morgan fingerprint density at radius 2 is 1.96 bits per heavy atom. The largest absolute Gasteiger partial charge is 0.355 e. The lowest BCUT2D eigenvalue weighted by Gasteiger charge is -2.06. The van der Waals surface area contributed by atoms with Gasteiger partial charge >= 0.3 is 0 Å². The molecule has 0 aliphatic carbocycles. The van der Waals surface area contributed by atoms with Crippen LogP contribution in [0, 0.1) is 6.92 Å². The van der Waals surface area contributed by atoms with Crippen molar-refractivity contribution in [3.05, 3.63) is 35.7 Å². The van der Waals surface area contributed by atoms with Crippen LogP contribution in [0.1, 0.15) is 11.4 Å². The summed E-state index contributed by atoms with van der Waals surface area (Å²) in [5, 5.41) is 16.5. The standard InChI is InChI=1S/C14H19N5O3S2/c1-10-17-18-14(19(10)2)23-9-13(20)16-8-7-11-3-5-12(6-4-11)24(15,21)22/h3-6H,7-9H2,1-2H3,(H,16,20)(H2,15,21,22). The van der Waals surface area contributed by atoms with E-state index < -0.39 is 10.0 Å².